The zero-order valence-electron chi connectivity index (χ0n) is 14.0. The number of nitrogens with zero attached hydrogens (tertiary/aromatic N) is 3. The Kier molecular flexibility index (Phi) is 4.47. The van der Waals surface area contributed by atoms with Crippen LogP contribution >= 0.6 is 7.82 Å². The molecule has 3 heterocycles. The van der Waals surface area contributed by atoms with E-state index in [1.165, 1.54) is 12.3 Å². The van der Waals surface area contributed by atoms with E-state index in [9.17, 15) is 14.6 Å². The maximum absolute atomic E-state index is 12.6. The Hall–Kier alpha value is -1.76. The SMILES string of the molecule is CC(C)OP1(=O)OCC2OC(n3ccc(N)nc3=O)C(C)(C#N)C2O1. The van der Waals surface area contributed by atoms with Crippen molar-refractivity contribution in [3.63, 3.8) is 0 Å². The van der Waals surface area contributed by atoms with Crippen LogP contribution in [-0.4, -0.2) is 34.5 Å². The van der Waals surface area contributed by atoms with Crippen molar-refractivity contribution in [1.29, 1.82) is 5.26 Å². The van der Waals surface area contributed by atoms with Gasteiger partial charge in [0, 0.05) is 6.20 Å². The highest BCUT2D eigenvalue weighted by atomic mass is 31.2. The highest BCUT2D eigenvalue weighted by Crippen LogP contribution is 2.61. The number of aromatic nitrogens is 2. The third-order valence-corrected chi connectivity index (χ3v) is 5.70. The van der Waals surface area contributed by atoms with E-state index in [-0.39, 0.29) is 12.4 Å². The number of phosphoric acid groups is 1. The van der Waals surface area contributed by atoms with Crippen molar-refractivity contribution in [2.24, 2.45) is 5.41 Å². The second-order valence-corrected chi connectivity index (χ2v) is 7.96. The first-order valence-corrected chi connectivity index (χ1v) is 9.17. The van der Waals surface area contributed by atoms with Crippen LogP contribution in [0.3, 0.4) is 0 Å². The average Bonchev–Trinajstić information content (AvgIpc) is 2.79. The number of nitrogens with two attached hydrogens (primary N) is 1. The lowest BCUT2D eigenvalue weighted by Gasteiger charge is -2.34. The molecule has 1 aromatic heterocycles. The van der Waals surface area contributed by atoms with Gasteiger partial charge in [0.2, 0.25) is 0 Å². The minimum atomic E-state index is -3.82. The van der Waals surface area contributed by atoms with Gasteiger partial charge in [-0.2, -0.15) is 10.2 Å². The number of hydrogen-bond donors (Lipinski definition) is 1. The van der Waals surface area contributed by atoms with Gasteiger partial charge in [0.15, 0.2) is 6.23 Å². The molecule has 0 spiro atoms. The number of phosphoric ester groups is 1. The van der Waals surface area contributed by atoms with Crippen molar-refractivity contribution in [2.45, 2.75) is 45.3 Å². The van der Waals surface area contributed by atoms with Crippen molar-refractivity contribution in [2.75, 3.05) is 12.3 Å². The van der Waals surface area contributed by atoms with Crippen LogP contribution in [0.2, 0.25) is 0 Å². The van der Waals surface area contributed by atoms with E-state index in [1.54, 1.807) is 20.8 Å². The first-order valence-electron chi connectivity index (χ1n) is 7.71. The predicted octanol–water partition coefficient (Wildman–Crippen LogP) is 1.20. The Labute approximate surface area is 144 Å². The van der Waals surface area contributed by atoms with Crippen molar-refractivity contribution in [1.82, 2.24) is 9.55 Å². The number of ether oxygens (including phenoxy) is 1. The molecule has 0 radical (unpaired) electrons. The number of nitriles is 1. The molecule has 0 bridgehead atoms. The van der Waals surface area contributed by atoms with E-state index < -0.39 is 43.5 Å². The average molecular weight is 370 g/mol. The Bertz CT molecular complexity index is 820. The number of rotatable bonds is 3. The van der Waals surface area contributed by atoms with E-state index in [1.807, 2.05) is 0 Å². The molecule has 1 aromatic rings. The largest absolute Gasteiger partial charge is 0.475 e. The van der Waals surface area contributed by atoms with Gasteiger partial charge in [0.25, 0.3) is 0 Å². The normalized spacial score (nSPS) is 37.6. The lowest BCUT2D eigenvalue weighted by molar-refractivity contribution is -0.0748. The summed E-state index contributed by atoms with van der Waals surface area (Å²) >= 11 is 0. The molecule has 10 nitrogen and oxygen atoms in total. The van der Waals surface area contributed by atoms with E-state index in [0.29, 0.717) is 0 Å². The van der Waals surface area contributed by atoms with Crippen LogP contribution in [0.15, 0.2) is 17.1 Å². The van der Waals surface area contributed by atoms with E-state index in [4.69, 9.17) is 24.0 Å². The second kappa shape index (κ2) is 6.20. The van der Waals surface area contributed by atoms with Gasteiger partial charge in [0.05, 0.1) is 18.8 Å². The molecular formula is C14H19N4O6P. The number of anilines is 1. The summed E-state index contributed by atoms with van der Waals surface area (Å²) in [5.74, 6) is 0.0599. The fourth-order valence-electron chi connectivity index (χ4n) is 2.93. The summed E-state index contributed by atoms with van der Waals surface area (Å²) in [6.45, 7) is 4.86. The molecule has 136 valence electrons. The summed E-state index contributed by atoms with van der Waals surface area (Å²) in [4.78, 5) is 15.8. The summed E-state index contributed by atoms with van der Waals surface area (Å²) in [6, 6.07) is 3.55. The molecule has 11 heteroatoms. The first kappa shape index (κ1) is 18.0. The van der Waals surface area contributed by atoms with Crippen molar-refractivity contribution in [3.8, 4) is 6.07 Å². The standard InChI is InChI=1S/C14H19N4O6P/c1-8(2)23-25(20)21-6-9-11(24-25)14(3,7-15)12(22-9)18-5-4-10(16)17-13(18)19/h4-5,8-9,11-12H,6H2,1-3H3,(H2,16,17,19). The van der Waals surface area contributed by atoms with Crippen LogP contribution in [0.1, 0.15) is 27.0 Å². The van der Waals surface area contributed by atoms with Crippen LogP contribution in [0.4, 0.5) is 5.82 Å². The van der Waals surface area contributed by atoms with Crippen LogP contribution in [0, 0.1) is 16.7 Å². The molecule has 2 aliphatic heterocycles. The van der Waals surface area contributed by atoms with Crippen molar-refractivity contribution in [3.05, 3.63) is 22.7 Å². The Morgan fingerprint density at radius 2 is 2.32 bits per heavy atom. The third kappa shape index (κ3) is 3.10. The van der Waals surface area contributed by atoms with Gasteiger partial charge >= 0.3 is 13.5 Å². The minimum Gasteiger partial charge on any atom is -0.383 e. The number of nitrogen functional groups attached to an aromatic ring is 1. The molecule has 5 atom stereocenters. The van der Waals surface area contributed by atoms with E-state index in [2.05, 4.69) is 11.1 Å². The molecule has 2 saturated heterocycles. The van der Waals surface area contributed by atoms with Crippen molar-refractivity contribution < 1.29 is 22.9 Å². The van der Waals surface area contributed by atoms with Gasteiger partial charge in [-0.15, -0.1) is 0 Å². The summed E-state index contributed by atoms with van der Waals surface area (Å²) < 4.78 is 35.6. The lowest BCUT2D eigenvalue weighted by atomic mass is 9.84. The molecule has 0 amide bonds. The summed E-state index contributed by atoms with van der Waals surface area (Å²) in [5, 5.41) is 9.75. The molecule has 2 aliphatic rings. The van der Waals surface area contributed by atoms with Gasteiger partial charge in [0.1, 0.15) is 23.4 Å². The Balaban J connectivity index is 1.97. The van der Waals surface area contributed by atoms with Gasteiger partial charge in [-0.25, -0.2) is 9.36 Å². The molecule has 0 aliphatic carbocycles. The summed E-state index contributed by atoms with van der Waals surface area (Å²) in [5.41, 5.74) is 3.52. The second-order valence-electron chi connectivity index (χ2n) is 6.39. The van der Waals surface area contributed by atoms with E-state index >= 15 is 0 Å². The quantitative estimate of drug-likeness (QED) is 0.777. The fourth-order valence-corrected chi connectivity index (χ4v) is 4.58. The molecule has 0 aromatic carbocycles. The van der Waals surface area contributed by atoms with Crippen molar-refractivity contribution >= 4 is 13.6 Å². The fraction of sp³-hybridized carbons (Fsp3) is 0.643. The molecule has 2 N–H and O–H groups in total. The summed E-state index contributed by atoms with van der Waals surface area (Å²) in [7, 11) is -3.82. The molecule has 25 heavy (non-hydrogen) atoms. The van der Waals surface area contributed by atoms with Crippen LogP contribution in [-0.2, 0) is 22.9 Å². The van der Waals surface area contributed by atoms with Crippen LogP contribution in [0.25, 0.3) is 0 Å². The lowest BCUT2D eigenvalue weighted by Crippen LogP contribution is -2.43. The number of fused-ring (bicyclic) bond motifs is 1. The molecular weight excluding hydrogens is 351 g/mol. The Morgan fingerprint density at radius 1 is 1.60 bits per heavy atom. The van der Waals surface area contributed by atoms with Crippen LogP contribution < -0.4 is 11.4 Å². The third-order valence-electron chi connectivity index (χ3n) is 4.07. The number of hydrogen-bond acceptors (Lipinski definition) is 9. The van der Waals surface area contributed by atoms with Gasteiger partial charge in [-0.1, -0.05) is 0 Å². The monoisotopic (exact) mass is 370 g/mol. The van der Waals surface area contributed by atoms with Gasteiger partial charge < -0.3 is 10.5 Å². The molecule has 0 saturated carbocycles. The minimum absolute atomic E-state index is 0.0599. The molecule has 3 rings (SSSR count). The smallest absolute Gasteiger partial charge is 0.383 e. The van der Waals surface area contributed by atoms with Gasteiger partial charge in [-0.05, 0) is 26.8 Å². The summed E-state index contributed by atoms with van der Waals surface area (Å²) in [6.07, 6.45) is -1.57. The zero-order chi connectivity index (χ0) is 18.4. The first-order chi connectivity index (χ1) is 11.7. The topological polar surface area (TPSA) is 139 Å². The molecule has 5 unspecified atom stereocenters. The van der Waals surface area contributed by atoms with Crippen LogP contribution in [0.5, 0.6) is 0 Å². The maximum Gasteiger partial charge on any atom is 0.475 e. The van der Waals surface area contributed by atoms with E-state index in [0.717, 1.165) is 4.57 Å². The molecule has 2 fully saturated rings. The maximum atomic E-state index is 12.6. The predicted molar refractivity (Wildman–Crippen MR) is 85.2 cm³/mol. The highest BCUT2D eigenvalue weighted by molar-refractivity contribution is 7.48. The Morgan fingerprint density at radius 3 is 2.92 bits per heavy atom. The zero-order valence-corrected chi connectivity index (χ0v) is 14.9. The highest BCUT2D eigenvalue weighted by Gasteiger charge is 2.61. The van der Waals surface area contributed by atoms with Gasteiger partial charge in [-0.3, -0.25) is 18.1 Å².